The Hall–Kier alpha value is -1.94. The zero-order valence-electron chi connectivity index (χ0n) is 8.21. The summed E-state index contributed by atoms with van der Waals surface area (Å²) in [6.07, 6.45) is 6.80. The normalized spacial score (nSPS) is 10.8. The summed E-state index contributed by atoms with van der Waals surface area (Å²) in [6.45, 7) is 0. The van der Waals surface area contributed by atoms with Crippen molar-refractivity contribution in [1.82, 2.24) is 19.7 Å². The zero-order chi connectivity index (χ0) is 11.0. The lowest BCUT2D eigenvalue weighted by Gasteiger charge is -2.03. The van der Waals surface area contributed by atoms with Gasteiger partial charge in [0.1, 0.15) is 11.0 Å². The first-order chi connectivity index (χ1) is 7.86. The third-order valence-electron chi connectivity index (χ3n) is 2.32. The van der Waals surface area contributed by atoms with Crippen LogP contribution in [0.3, 0.4) is 0 Å². The minimum absolute atomic E-state index is 0.638. The zero-order valence-corrected chi connectivity index (χ0v) is 8.96. The van der Waals surface area contributed by atoms with Gasteiger partial charge in [0.25, 0.3) is 0 Å². The lowest BCUT2D eigenvalue weighted by molar-refractivity contribution is 0.907. The van der Waals surface area contributed by atoms with Crippen molar-refractivity contribution in [2.45, 2.75) is 0 Å². The highest BCUT2D eigenvalue weighted by Gasteiger charge is 2.08. The Morgan fingerprint density at radius 3 is 2.69 bits per heavy atom. The van der Waals surface area contributed by atoms with Gasteiger partial charge in [-0.2, -0.15) is 5.10 Å². The van der Waals surface area contributed by atoms with Gasteiger partial charge in [0, 0.05) is 18.6 Å². The van der Waals surface area contributed by atoms with Crippen LogP contribution >= 0.6 is 11.6 Å². The molecule has 0 atom stereocenters. The first-order valence-corrected chi connectivity index (χ1v) is 5.13. The monoisotopic (exact) mass is 230 g/mol. The van der Waals surface area contributed by atoms with Gasteiger partial charge in [-0.3, -0.25) is 9.97 Å². The van der Waals surface area contributed by atoms with E-state index >= 15 is 0 Å². The molecular formula is C11H7ClN4. The fourth-order valence-corrected chi connectivity index (χ4v) is 1.83. The van der Waals surface area contributed by atoms with E-state index in [1.807, 2.05) is 12.1 Å². The van der Waals surface area contributed by atoms with Gasteiger partial charge in [-0.25, -0.2) is 4.68 Å². The van der Waals surface area contributed by atoms with Gasteiger partial charge in [-0.1, -0.05) is 11.6 Å². The molecule has 5 heteroatoms. The molecular weight excluding hydrogens is 224 g/mol. The summed E-state index contributed by atoms with van der Waals surface area (Å²) in [4.78, 5) is 8.17. The van der Waals surface area contributed by atoms with Crippen LogP contribution in [0.5, 0.6) is 0 Å². The molecule has 0 saturated carbocycles. The Morgan fingerprint density at radius 1 is 1.06 bits per heavy atom. The van der Waals surface area contributed by atoms with Crippen LogP contribution in [0.1, 0.15) is 0 Å². The van der Waals surface area contributed by atoms with E-state index in [1.54, 1.807) is 35.5 Å². The number of pyridine rings is 2. The minimum atomic E-state index is 0.638. The fraction of sp³-hybridized carbons (Fsp3) is 0. The van der Waals surface area contributed by atoms with Crippen molar-refractivity contribution in [3.05, 3.63) is 48.0 Å². The number of hydrogen-bond donors (Lipinski definition) is 0. The second kappa shape index (κ2) is 3.57. The van der Waals surface area contributed by atoms with E-state index in [4.69, 9.17) is 11.6 Å². The van der Waals surface area contributed by atoms with Crippen LogP contribution in [0.25, 0.3) is 16.7 Å². The third-order valence-corrected chi connectivity index (χ3v) is 2.62. The van der Waals surface area contributed by atoms with Gasteiger partial charge >= 0.3 is 0 Å². The average Bonchev–Trinajstić information content (AvgIpc) is 2.75. The Morgan fingerprint density at radius 2 is 1.88 bits per heavy atom. The lowest BCUT2D eigenvalue weighted by Crippen LogP contribution is -1.96. The molecule has 0 aliphatic carbocycles. The summed E-state index contributed by atoms with van der Waals surface area (Å²) >= 11 is 6.14. The quantitative estimate of drug-likeness (QED) is 0.645. The fourth-order valence-electron chi connectivity index (χ4n) is 1.60. The molecule has 3 aromatic heterocycles. The predicted octanol–water partition coefficient (Wildman–Crippen LogP) is 2.47. The van der Waals surface area contributed by atoms with Crippen molar-refractivity contribution >= 4 is 22.6 Å². The lowest BCUT2D eigenvalue weighted by atomic mass is 10.3. The Balaban J connectivity index is 2.33. The summed E-state index contributed by atoms with van der Waals surface area (Å²) in [5.41, 5.74) is 2.51. The SMILES string of the molecule is Clc1ccnc2cnn(-c3ccncc3)c12. The molecule has 0 bridgehead atoms. The maximum absolute atomic E-state index is 6.14. The van der Waals surface area contributed by atoms with Gasteiger partial charge < -0.3 is 0 Å². The topological polar surface area (TPSA) is 43.6 Å². The van der Waals surface area contributed by atoms with Crippen LogP contribution in [0.4, 0.5) is 0 Å². The van der Waals surface area contributed by atoms with Crippen molar-refractivity contribution in [2.24, 2.45) is 0 Å². The molecule has 3 heterocycles. The van der Waals surface area contributed by atoms with Crippen molar-refractivity contribution in [2.75, 3.05) is 0 Å². The van der Waals surface area contributed by atoms with Gasteiger partial charge in [0.2, 0.25) is 0 Å². The average molecular weight is 231 g/mol. The van der Waals surface area contributed by atoms with Crippen molar-refractivity contribution < 1.29 is 0 Å². The van der Waals surface area contributed by atoms with Crippen LogP contribution in [-0.2, 0) is 0 Å². The molecule has 0 spiro atoms. The molecule has 4 nitrogen and oxygen atoms in total. The molecule has 0 saturated heterocycles. The van der Waals surface area contributed by atoms with Crippen LogP contribution in [0, 0.1) is 0 Å². The molecule has 0 aliphatic rings. The molecule has 3 aromatic rings. The molecule has 0 unspecified atom stereocenters. The van der Waals surface area contributed by atoms with Crippen LogP contribution < -0.4 is 0 Å². The Bertz CT molecular complexity index is 633. The number of hydrogen-bond acceptors (Lipinski definition) is 3. The molecule has 16 heavy (non-hydrogen) atoms. The van der Waals surface area contributed by atoms with Crippen molar-refractivity contribution in [3.8, 4) is 5.69 Å². The minimum Gasteiger partial charge on any atom is -0.265 e. The molecule has 0 aromatic carbocycles. The van der Waals surface area contributed by atoms with Gasteiger partial charge in [0.15, 0.2) is 0 Å². The highest BCUT2D eigenvalue weighted by Crippen LogP contribution is 2.23. The van der Waals surface area contributed by atoms with Gasteiger partial charge in [-0.05, 0) is 18.2 Å². The molecule has 0 N–H and O–H groups in total. The molecule has 0 aliphatic heterocycles. The van der Waals surface area contributed by atoms with Gasteiger partial charge in [0.05, 0.1) is 16.9 Å². The smallest absolute Gasteiger partial charge is 0.111 e. The summed E-state index contributed by atoms with van der Waals surface area (Å²) in [7, 11) is 0. The number of rotatable bonds is 1. The maximum Gasteiger partial charge on any atom is 0.111 e. The van der Waals surface area contributed by atoms with Crippen LogP contribution in [0.15, 0.2) is 43.0 Å². The molecule has 0 amide bonds. The second-order valence-electron chi connectivity index (χ2n) is 3.29. The first-order valence-electron chi connectivity index (χ1n) is 4.75. The second-order valence-corrected chi connectivity index (χ2v) is 3.70. The summed E-state index contributed by atoms with van der Waals surface area (Å²) in [5.74, 6) is 0. The van der Waals surface area contributed by atoms with Crippen molar-refractivity contribution in [1.29, 1.82) is 0 Å². The van der Waals surface area contributed by atoms with Crippen LogP contribution in [0.2, 0.25) is 5.02 Å². The van der Waals surface area contributed by atoms with Crippen molar-refractivity contribution in [3.63, 3.8) is 0 Å². The molecule has 0 fully saturated rings. The largest absolute Gasteiger partial charge is 0.265 e. The first kappa shape index (κ1) is 9.30. The van der Waals surface area contributed by atoms with Crippen LogP contribution in [-0.4, -0.2) is 19.7 Å². The number of aromatic nitrogens is 4. The van der Waals surface area contributed by atoms with E-state index in [0.29, 0.717) is 5.02 Å². The molecule has 0 radical (unpaired) electrons. The molecule has 3 rings (SSSR count). The third kappa shape index (κ3) is 1.35. The highest BCUT2D eigenvalue weighted by molar-refractivity contribution is 6.34. The highest BCUT2D eigenvalue weighted by atomic mass is 35.5. The van der Waals surface area contributed by atoms with E-state index in [2.05, 4.69) is 15.1 Å². The summed E-state index contributed by atoms with van der Waals surface area (Å²) in [6, 6.07) is 5.49. The molecule has 78 valence electrons. The standard InChI is InChI=1S/C11H7ClN4/c12-9-3-6-14-10-7-15-16(11(9)10)8-1-4-13-5-2-8/h1-7H. The van der Waals surface area contributed by atoms with Gasteiger partial charge in [-0.15, -0.1) is 0 Å². The Kier molecular flexibility index (Phi) is 2.08. The van der Waals surface area contributed by atoms with E-state index in [9.17, 15) is 0 Å². The van der Waals surface area contributed by atoms with E-state index in [-0.39, 0.29) is 0 Å². The van der Waals surface area contributed by atoms with E-state index < -0.39 is 0 Å². The van der Waals surface area contributed by atoms with E-state index in [1.165, 1.54) is 0 Å². The number of nitrogens with zero attached hydrogens (tertiary/aromatic N) is 4. The maximum atomic E-state index is 6.14. The summed E-state index contributed by atoms with van der Waals surface area (Å²) < 4.78 is 1.76. The summed E-state index contributed by atoms with van der Waals surface area (Å²) in [5, 5.41) is 4.91. The Labute approximate surface area is 96.5 Å². The predicted molar refractivity (Wildman–Crippen MR) is 61.7 cm³/mol. The van der Waals surface area contributed by atoms with E-state index in [0.717, 1.165) is 16.7 Å². The number of fused-ring (bicyclic) bond motifs is 1. The number of halogens is 1.